The summed E-state index contributed by atoms with van der Waals surface area (Å²) >= 11 is 1.44. The Hall–Kier alpha value is -0.540. The van der Waals surface area contributed by atoms with Crippen LogP contribution in [0.5, 0.6) is 0 Å². The fraction of sp³-hybridized carbons (Fsp3) is 0.125. The van der Waals surface area contributed by atoms with Crippen LogP contribution in [0.25, 0.3) is 0 Å². The summed E-state index contributed by atoms with van der Waals surface area (Å²) in [5, 5.41) is 8.58. The molecule has 0 saturated carbocycles. The van der Waals surface area contributed by atoms with E-state index in [4.69, 9.17) is 5.11 Å². The molecule has 59 valence electrons. The summed E-state index contributed by atoms with van der Waals surface area (Å²) in [6, 6.07) is 4.42. The number of aliphatic hydroxyl groups excluding tert-OH is 1. The predicted octanol–water partition coefficient (Wildman–Crippen LogP) is 2.43. The van der Waals surface area contributed by atoms with E-state index < -0.39 is 0 Å². The minimum Gasteiger partial charge on any atom is -0.385 e. The molecular weight excluding hydrogens is 163 g/mol. The van der Waals surface area contributed by atoms with Crippen LogP contribution in [-0.4, -0.2) is 11.4 Å². The molecule has 0 fully saturated rings. The molecular formula is C8H8FOS. The Bertz CT molecular complexity index is 228. The number of rotatable bonds is 2. The summed E-state index contributed by atoms with van der Waals surface area (Å²) in [6.45, 7) is 0.892. The van der Waals surface area contributed by atoms with Gasteiger partial charge in [-0.3, -0.25) is 0 Å². The number of thioether (sulfide) groups is 1. The molecule has 1 aromatic rings. The van der Waals surface area contributed by atoms with Crippen molar-refractivity contribution in [3.8, 4) is 0 Å². The second-order valence-electron chi connectivity index (χ2n) is 2.05. The van der Waals surface area contributed by atoms with Gasteiger partial charge >= 0.3 is 0 Å². The van der Waals surface area contributed by atoms with Gasteiger partial charge in [-0.15, -0.1) is 11.8 Å². The van der Waals surface area contributed by atoms with Crippen molar-refractivity contribution < 1.29 is 9.50 Å². The van der Waals surface area contributed by atoms with Crippen molar-refractivity contribution in [1.82, 2.24) is 0 Å². The quantitative estimate of drug-likeness (QED) is 0.689. The van der Waals surface area contributed by atoms with E-state index in [1.165, 1.54) is 23.9 Å². The van der Waals surface area contributed by atoms with Gasteiger partial charge in [-0.2, -0.15) is 0 Å². The molecule has 0 atom stereocenters. The van der Waals surface area contributed by atoms with Crippen molar-refractivity contribution in [2.45, 2.75) is 4.90 Å². The molecule has 0 aromatic heterocycles. The number of halogens is 1. The van der Waals surface area contributed by atoms with Crippen LogP contribution in [0.15, 0.2) is 23.1 Å². The summed E-state index contributed by atoms with van der Waals surface area (Å²) in [4.78, 5) is 0.810. The normalized spacial score (nSPS) is 10.1. The van der Waals surface area contributed by atoms with Gasteiger partial charge in [-0.1, -0.05) is 0 Å². The zero-order valence-corrected chi connectivity index (χ0v) is 6.86. The minimum atomic E-state index is -0.322. The molecule has 3 heteroatoms. The Morgan fingerprint density at radius 2 is 2.18 bits per heavy atom. The molecule has 0 unspecified atom stereocenters. The van der Waals surface area contributed by atoms with E-state index in [1.54, 1.807) is 6.07 Å². The van der Waals surface area contributed by atoms with Gasteiger partial charge in [0.2, 0.25) is 0 Å². The van der Waals surface area contributed by atoms with E-state index in [9.17, 15) is 4.39 Å². The molecule has 0 aliphatic heterocycles. The monoisotopic (exact) mass is 171 g/mol. The van der Waals surface area contributed by atoms with Crippen molar-refractivity contribution in [2.75, 3.05) is 6.26 Å². The fourth-order valence-electron chi connectivity index (χ4n) is 0.777. The van der Waals surface area contributed by atoms with Crippen LogP contribution in [0.2, 0.25) is 0 Å². The third kappa shape index (κ3) is 2.20. The summed E-state index contributed by atoms with van der Waals surface area (Å²) in [7, 11) is 0. The first-order valence-corrected chi connectivity index (χ1v) is 4.31. The molecule has 0 saturated heterocycles. The highest BCUT2D eigenvalue weighted by Crippen LogP contribution is 2.18. The third-order valence-corrected chi connectivity index (χ3v) is 1.99. The summed E-state index contributed by atoms with van der Waals surface area (Å²) < 4.78 is 12.7. The molecule has 1 nitrogen and oxygen atoms in total. The van der Waals surface area contributed by atoms with Crippen molar-refractivity contribution >= 4 is 11.8 Å². The Morgan fingerprint density at radius 3 is 2.73 bits per heavy atom. The van der Waals surface area contributed by atoms with Crippen LogP contribution < -0.4 is 0 Å². The van der Waals surface area contributed by atoms with E-state index in [-0.39, 0.29) is 5.82 Å². The van der Waals surface area contributed by atoms with Crippen LogP contribution in [0.4, 0.5) is 4.39 Å². The van der Waals surface area contributed by atoms with Crippen LogP contribution in [0, 0.1) is 12.4 Å². The van der Waals surface area contributed by atoms with E-state index in [0.29, 0.717) is 5.56 Å². The molecule has 0 heterocycles. The zero-order valence-electron chi connectivity index (χ0n) is 6.04. The molecule has 1 aromatic carbocycles. The maximum absolute atomic E-state index is 12.7. The van der Waals surface area contributed by atoms with Crippen LogP contribution in [0.3, 0.4) is 0 Å². The maximum atomic E-state index is 12.7. The highest BCUT2D eigenvalue weighted by atomic mass is 32.2. The number of aliphatic hydroxyl groups is 1. The lowest BCUT2D eigenvalue weighted by Crippen LogP contribution is -1.83. The van der Waals surface area contributed by atoms with Gasteiger partial charge in [0, 0.05) is 4.90 Å². The first-order chi connectivity index (χ1) is 5.26. The zero-order chi connectivity index (χ0) is 8.27. The number of benzene rings is 1. The topological polar surface area (TPSA) is 20.2 Å². The van der Waals surface area contributed by atoms with Crippen LogP contribution in [0.1, 0.15) is 5.56 Å². The first-order valence-electron chi connectivity index (χ1n) is 3.08. The van der Waals surface area contributed by atoms with Crippen LogP contribution >= 0.6 is 11.8 Å². The highest BCUT2D eigenvalue weighted by molar-refractivity contribution is 7.98. The first kappa shape index (κ1) is 8.56. The lowest BCUT2D eigenvalue weighted by atomic mass is 10.2. The average molecular weight is 171 g/mol. The Balaban J connectivity index is 3.02. The van der Waals surface area contributed by atoms with E-state index in [2.05, 4.69) is 0 Å². The van der Waals surface area contributed by atoms with Gasteiger partial charge < -0.3 is 5.11 Å². The lowest BCUT2D eigenvalue weighted by molar-refractivity contribution is 0.413. The molecule has 0 aliphatic carbocycles. The van der Waals surface area contributed by atoms with Crippen molar-refractivity contribution in [3.63, 3.8) is 0 Å². The summed E-state index contributed by atoms with van der Waals surface area (Å²) in [5.41, 5.74) is 0.495. The van der Waals surface area contributed by atoms with Gasteiger partial charge in [0.05, 0.1) is 0 Å². The van der Waals surface area contributed by atoms with Crippen molar-refractivity contribution in [2.24, 2.45) is 0 Å². The molecule has 0 aliphatic rings. The summed E-state index contributed by atoms with van der Waals surface area (Å²) in [5.74, 6) is -0.322. The lowest BCUT2D eigenvalue weighted by Gasteiger charge is -1.99. The molecule has 0 bridgehead atoms. The third-order valence-electron chi connectivity index (χ3n) is 1.28. The molecule has 1 N–H and O–H groups in total. The molecule has 0 spiro atoms. The predicted molar refractivity (Wildman–Crippen MR) is 43.5 cm³/mol. The molecule has 11 heavy (non-hydrogen) atoms. The van der Waals surface area contributed by atoms with Crippen molar-refractivity contribution in [1.29, 1.82) is 0 Å². The SMILES string of the molecule is CSc1cc(F)cc([CH]O)c1. The second-order valence-corrected chi connectivity index (χ2v) is 2.93. The van der Waals surface area contributed by atoms with Crippen LogP contribution in [-0.2, 0) is 0 Å². The maximum Gasteiger partial charge on any atom is 0.124 e. The van der Waals surface area contributed by atoms with E-state index in [1.807, 2.05) is 6.26 Å². The van der Waals surface area contributed by atoms with Gasteiger partial charge in [0.15, 0.2) is 0 Å². The standard InChI is InChI=1S/C8H8FOS/c1-11-8-3-6(5-10)2-7(9)4-8/h2-5,10H,1H3. The van der Waals surface area contributed by atoms with E-state index >= 15 is 0 Å². The largest absolute Gasteiger partial charge is 0.385 e. The second kappa shape index (κ2) is 3.74. The number of hydrogen-bond acceptors (Lipinski definition) is 2. The van der Waals surface area contributed by atoms with Gasteiger partial charge in [0.25, 0.3) is 0 Å². The minimum absolute atomic E-state index is 0.322. The molecule has 0 amide bonds. The van der Waals surface area contributed by atoms with Gasteiger partial charge in [0.1, 0.15) is 12.4 Å². The van der Waals surface area contributed by atoms with Gasteiger partial charge in [-0.05, 0) is 30.0 Å². The Morgan fingerprint density at radius 1 is 1.45 bits per heavy atom. The van der Waals surface area contributed by atoms with E-state index in [0.717, 1.165) is 11.5 Å². The Kier molecular flexibility index (Phi) is 2.91. The smallest absolute Gasteiger partial charge is 0.124 e. The average Bonchev–Trinajstić information content (AvgIpc) is 2.03. The number of hydrogen-bond donors (Lipinski definition) is 1. The molecule has 1 rings (SSSR count). The fourth-order valence-corrected chi connectivity index (χ4v) is 1.26. The highest BCUT2D eigenvalue weighted by Gasteiger charge is 1.98. The molecule has 1 radical (unpaired) electrons. The van der Waals surface area contributed by atoms with Crippen molar-refractivity contribution in [3.05, 3.63) is 36.2 Å². The Labute approximate surface area is 69.2 Å². The van der Waals surface area contributed by atoms with Gasteiger partial charge in [-0.25, -0.2) is 4.39 Å². The summed E-state index contributed by atoms with van der Waals surface area (Å²) in [6.07, 6.45) is 1.86.